The molecule has 2 rings (SSSR count). The monoisotopic (exact) mass is 296 g/mol. The number of fused-ring (bicyclic) bond motifs is 1. The van der Waals surface area contributed by atoms with Crippen LogP contribution in [-0.2, 0) is 12.6 Å². The van der Waals surface area contributed by atoms with E-state index in [4.69, 9.17) is 4.74 Å². The molecule has 0 aromatic heterocycles. The summed E-state index contributed by atoms with van der Waals surface area (Å²) < 4.78 is 42.9. The summed E-state index contributed by atoms with van der Waals surface area (Å²) in [7, 11) is 0. The van der Waals surface area contributed by atoms with Gasteiger partial charge in [0.1, 0.15) is 17.1 Å². The number of phenolic OH excluding ortho intramolecular Hbond substituents is 1. The molecule has 0 bridgehead atoms. The van der Waals surface area contributed by atoms with E-state index in [0.29, 0.717) is 18.6 Å². The van der Waals surface area contributed by atoms with E-state index < -0.39 is 17.5 Å². The van der Waals surface area contributed by atoms with Gasteiger partial charge in [0.2, 0.25) is 0 Å². The Bertz CT molecular complexity index is 429. The molecular weight excluding hydrogens is 289 g/mol. The first-order valence-electron chi connectivity index (χ1n) is 4.65. The number of alkyl halides is 3. The van der Waals surface area contributed by atoms with Crippen molar-refractivity contribution in [3.63, 3.8) is 0 Å². The second-order valence-corrected chi connectivity index (χ2v) is 4.31. The van der Waals surface area contributed by atoms with Crippen molar-refractivity contribution in [3.8, 4) is 11.5 Å². The number of hydrogen-bond donors (Lipinski definition) is 1. The maximum absolute atomic E-state index is 12.6. The number of phenols is 1. The highest BCUT2D eigenvalue weighted by Crippen LogP contribution is 2.46. The van der Waals surface area contributed by atoms with Crippen LogP contribution in [0.4, 0.5) is 13.2 Å². The first-order chi connectivity index (χ1) is 7.41. The normalized spacial score (nSPS) is 15.5. The lowest BCUT2D eigenvalue weighted by Gasteiger charge is -2.21. The predicted molar refractivity (Wildman–Crippen MR) is 54.6 cm³/mol. The van der Waals surface area contributed by atoms with E-state index in [1.54, 1.807) is 0 Å². The van der Waals surface area contributed by atoms with Gasteiger partial charge in [0.15, 0.2) is 0 Å². The van der Waals surface area contributed by atoms with E-state index in [0.717, 1.165) is 12.5 Å². The van der Waals surface area contributed by atoms with Crippen molar-refractivity contribution in [1.82, 2.24) is 0 Å². The molecule has 0 fully saturated rings. The second kappa shape index (κ2) is 3.84. The van der Waals surface area contributed by atoms with Crippen LogP contribution in [0.3, 0.4) is 0 Å². The second-order valence-electron chi connectivity index (χ2n) is 3.51. The highest BCUT2D eigenvalue weighted by molar-refractivity contribution is 9.10. The SMILES string of the molecule is Oc1c(C(F)(F)F)cc2c(c1Br)CCCO2. The molecule has 1 heterocycles. The average Bonchev–Trinajstić information content (AvgIpc) is 2.22. The van der Waals surface area contributed by atoms with Crippen molar-refractivity contribution >= 4 is 15.9 Å². The van der Waals surface area contributed by atoms with Gasteiger partial charge in [-0.3, -0.25) is 0 Å². The van der Waals surface area contributed by atoms with Gasteiger partial charge < -0.3 is 9.84 Å². The molecule has 1 aromatic rings. The fraction of sp³-hybridized carbons (Fsp3) is 0.400. The molecule has 0 unspecified atom stereocenters. The molecule has 88 valence electrons. The Morgan fingerprint density at radius 3 is 2.69 bits per heavy atom. The third-order valence-electron chi connectivity index (χ3n) is 2.43. The van der Waals surface area contributed by atoms with Crippen LogP contribution in [0.25, 0.3) is 0 Å². The van der Waals surface area contributed by atoms with Crippen molar-refractivity contribution in [1.29, 1.82) is 0 Å². The molecule has 6 heteroatoms. The van der Waals surface area contributed by atoms with Crippen LogP contribution in [0.1, 0.15) is 17.5 Å². The van der Waals surface area contributed by atoms with Crippen LogP contribution in [-0.4, -0.2) is 11.7 Å². The molecule has 0 atom stereocenters. The highest BCUT2D eigenvalue weighted by atomic mass is 79.9. The van der Waals surface area contributed by atoms with Gasteiger partial charge in [-0.05, 0) is 34.8 Å². The number of halogens is 4. The van der Waals surface area contributed by atoms with Crippen LogP contribution in [0, 0.1) is 0 Å². The van der Waals surface area contributed by atoms with Crippen LogP contribution in [0.2, 0.25) is 0 Å². The van der Waals surface area contributed by atoms with Crippen molar-refractivity contribution in [3.05, 3.63) is 21.7 Å². The van der Waals surface area contributed by atoms with Crippen molar-refractivity contribution < 1.29 is 23.0 Å². The van der Waals surface area contributed by atoms with E-state index in [1.165, 1.54) is 0 Å². The standard InChI is InChI=1S/C10H8BrF3O2/c11-8-5-2-1-3-16-7(5)4-6(9(8)15)10(12,13)14/h4,15H,1-3H2. The number of benzene rings is 1. The molecule has 1 aliphatic heterocycles. The van der Waals surface area contributed by atoms with Gasteiger partial charge >= 0.3 is 6.18 Å². The van der Waals surface area contributed by atoms with E-state index in [-0.39, 0.29) is 10.2 Å². The average molecular weight is 297 g/mol. The van der Waals surface area contributed by atoms with Gasteiger partial charge in [0.05, 0.1) is 11.1 Å². The summed E-state index contributed by atoms with van der Waals surface area (Å²) in [5, 5.41) is 9.47. The molecule has 16 heavy (non-hydrogen) atoms. The Labute approximate surface area is 98.2 Å². The minimum Gasteiger partial charge on any atom is -0.506 e. The van der Waals surface area contributed by atoms with Gasteiger partial charge in [-0.1, -0.05) is 0 Å². The Morgan fingerprint density at radius 1 is 1.38 bits per heavy atom. The lowest BCUT2D eigenvalue weighted by Crippen LogP contribution is -2.12. The van der Waals surface area contributed by atoms with Gasteiger partial charge in [0, 0.05) is 5.56 Å². The lowest BCUT2D eigenvalue weighted by atomic mass is 10.0. The van der Waals surface area contributed by atoms with Gasteiger partial charge in [-0.2, -0.15) is 13.2 Å². The zero-order chi connectivity index (χ0) is 11.9. The maximum Gasteiger partial charge on any atom is 0.420 e. The fourth-order valence-electron chi connectivity index (χ4n) is 1.66. The molecule has 0 radical (unpaired) electrons. The highest BCUT2D eigenvalue weighted by Gasteiger charge is 2.37. The summed E-state index contributed by atoms with van der Waals surface area (Å²) in [6.07, 6.45) is -3.25. The number of rotatable bonds is 0. The molecule has 0 aliphatic carbocycles. The molecule has 1 aromatic carbocycles. The molecule has 0 amide bonds. The number of ether oxygens (including phenoxy) is 1. The predicted octanol–water partition coefficient (Wildman–Crippen LogP) is 3.50. The Hall–Kier alpha value is -0.910. The van der Waals surface area contributed by atoms with E-state index >= 15 is 0 Å². The fourth-order valence-corrected chi connectivity index (χ4v) is 2.27. The topological polar surface area (TPSA) is 29.5 Å². The zero-order valence-corrected chi connectivity index (χ0v) is 9.65. The van der Waals surface area contributed by atoms with Gasteiger partial charge in [-0.25, -0.2) is 0 Å². The zero-order valence-electron chi connectivity index (χ0n) is 8.07. The molecule has 0 saturated heterocycles. The van der Waals surface area contributed by atoms with Crippen LogP contribution >= 0.6 is 15.9 Å². The van der Waals surface area contributed by atoms with Crippen molar-refractivity contribution in [2.75, 3.05) is 6.61 Å². The Kier molecular flexibility index (Phi) is 2.77. The lowest BCUT2D eigenvalue weighted by molar-refractivity contribution is -0.139. The van der Waals surface area contributed by atoms with Crippen LogP contribution < -0.4 is 4.74 Å². The quantitative estimate of drug-likeness (QED) is 0.794. The third kappa shape index (κ3) is 1.86. The van der Waals surface area contributed by atoms with E-state index in [9.17, 15) is 18.3 Å². The number of aromatic hydroxyl groups is 1. The summed E-state index contributed by atoms with van der Waals surface area (Å²) in [6, 6.07) is 0.856. The Balaban J connectivity index is 2.62. The van der Waals surface area contributed by atoms with Gasteiger partial charge in [0.25, 0.3) is 0 Å². The van der Waals surface area contributed by atoms with E-state index in [2.05, 4.69) is 15.9 Å². The molecular formula is C10H8BrF3O2. The van der Waals surface area contributed by atoms with Gasteiger partial charge in [-0.15, -0.1) is 0 Å². The molecule has 2 nitrogen and oxygen atoms in total. The largest absolute Gasteiger partial charge is 0.506 e. The summed E-state index contributed by atoms with van der Waals surface area (Å²) in [5.41, 5.74) is -0.475. The first-order valence-corrected chi connectivity index (χ1v) is 5.45. The Morgan fingerprint density at radius 2 is 2.06 bits per heavy atom. The molecule has 0 saturated carbocycles. The maximum atomic E-state index is 12.6. The molecule has 1 aliphatic rings. The minimum atomic E-state index is -4.58. The minimum absolute atomic E-state index is 0.0806. The van der Waals surface area contributed by atoms with E-state index in [1.807, 2.05) is 0 Å². The third-order valence-corrected chi connectivity index (χ3v) is 3.29. The summed E-state index contributed by atoms with van der Waals surface area (Å²) in [5.74, 6) is -0.569. The van der Waals surface area contributed by atoms with Crippen LogP contribution in [0.15, 0.2) is 10.5 Å². The molecule has 1 N–H and O–H groups in total. The van der Waals surface area contributed by atoms with Crippen molar-refractivity contribution in [2.45, 2.75) is 19.0 Å². The number of hydrogen-bond acceptors (Lipinski definition) is 2. The summed E-state index contributed by atoms with van der Waals surface area (Å²) >= 11 is 2.98. The summed E-state index contributed by atoms with van der Waals surface area (Å²) in [4.78, 5) is 0. The summed E-state index contributed by atoms with van der Waals surface area (Å²) in [6.45, 7) is 0.404. The first kappa shape index (κ1) is 11.6. The van der Waals surface area contributed by atoms with Crippen LogP contribution in [0.5, 0.6) is 11.5 Å². The smallest absolute Gasteiger partial charge is 0.420 e. The molecule has 0 spiro atoms. The van der Waals surface area contributed by atoms with Crippen molar-refractivity contribution in [2.24, 2.45) is 0 Å².